The summed E-state index contributed by atoms with van der Waals surface area (Å²) in [5.41, 5.74) is 5.96. The molecule has 0 saturated carbocycles. The fraction of sp³-hybridized carbons (Fsp3) is 0.389. The topological polar surface area (TPSA) is 168 Å². The van der Waals surface area contributed by atoms with Gasteiger partial charge in [0.2, 0.25) is 11.8 Å². The molecular formula is C36H41F3N6O6. The summed E-state index contributed by atoms with van der Waals surface area (Å²) in [5.74, 6) is -5.58. The van der Waals surface area contributed by atoms with Crippen LogP contribution in [0.5, 0.6) is 0 Å². The quantitative estimate of drug-likeness (QED) is 0.189. The van der Waals surface area contributed by atoms with Crippen LogP contribution in [-0.2, 0) is 30.5 Å². The van der Waals surface area contributed by atoms with E-state index in [1.165, 1.54) is 4.90 Å². The lowest BCUT2D eigenvalue weighted by Gasteiger charge is -2.40. The predicted octanol–water partition coefficient (Wildman–Crippen LogP) is 3.75. The van der Waals surface area contributed by atoms with Crippen molar-refractivity contribution in [2.24, 2.45) is 11.1 Å². The highest BCUT2D eigenvalue weighted by Crippen LogP contribution is 2.39. The van der Waals surface area contributed by atoms with Crippen LogP contribution in [0.15, 0.2) is 66.9 Å². The van der Waals surface area contributed by atoms with Crippen molar-refractivity contribution in [1.29, 1.82) is 0 Å². The molecule has 0 spiro atoms. The molecule has 0 bridgehead atoms. The second kappa shape index (κ2) is 16.6. The number of nitrogens with zero attached hydrogens (tertiary/aromatic N) is 4. The van der Waals surface area contributed by atoms with Crippen LogP contribution in [0, 0.1) is 17.0 Å². The number of imide groups is 1. The number of rotatable bonds is 16. The number of hydrogen-bond donors (Lipinski definition) is 3. The number of hydrogen-bond acceptors (Lipinski definition) is 7. The lowest BCUT2D eigenvalue weighted by atomic mass is 9.84. The van der Waals surface area contributed by atoms with Crippen molar-refractivity contribution in [1.82, 2.24) is 24.7 Å². The average Bonchev–Trinajstić information content (AvgIpc) is 3.63. The number of aromatic nitrogens is 2. The van der Waals surface area contributed by atoms with Gasteiger partial charge < -0.3 is 25.6 Å². The van der Waals surface area contributed by atoms with Crippen molar-refractivity contribution < 1.29 is 42.3 Å². The molecule has 3 aromatic rings. The summed E-state index contributed by atoms with van der Waals surface area (Å²) in [7, 11) is 0. The van der Waals surface area contributed by atoms with Crippen molar-refractivity contribution in [2.45, 2.75) is 64.7 Å². The third kappa shape index (κ3) is 9.69. The number of halogens is 3. The minimum Gasteiger partial charge on any atom is -0.481 e. The first-order valence-corrected chi connectivity index (χ1v) is 16.3. The number of benzene rings is 2. The number of alkyl halides is 1. The van der Waals surface area contributed by atoms with E-state index in [9.17, 15) is 37.9 Å². The molecule has 1 aliphatic heterocycles. The molecule has 51 heavy (non-hydrogen) atoms. The van der Waals surface area contributed by atoms with Crippen LogP contribution in [0.2, 0.25) is 0 Å². The minimum atomic E-state index is -1.51. The van der Waals surface area contributed by atoms with Crippen LogP contribution in [0.1, 0.15) is 57.5 Å². The summed E-state index contributed by atoms with van der Waals surface area (Å²) in [4.78, 5) is 70.4. The third-order valence-corrected chi connectivity index (χ3v) is 8.35. The van der Waals surface area contributed by atoms with Gasteiger partial charge in [-0.3, -0.25) is 28.9 Å². The van der Waals surface area contributed by atoms with Crippen molar-refractivity contribution >= 4 is 29.6 Å². The van der Waals surface area contributed by atoms with E-state index < -0.39 is 90.8 Å². The molecule has 3 atom stereocenters. The second-order valence-electron chi connectivity index (χ2n) is 13.3. The van der Waals surface area contributed by atoms with Gasteiger partial charge in [-0.2, -0.15) is 0 Å². The molecule has 2 heterocycles. The number of nitrogens with two attached hydrogens (primary N) is 1. The maximum atomic E-state index is 15.0. The Labute approximate surface area is 293 Å². The number of amides is 4. The van der Waals surface area contributed by atoms with E-state index in [1.54, 1.807) is 10.8 Å². The Hall–Kier alpha value is -5.31. The first-order valence-electron chi connectivity index (χ1n) is 16.3. The Bertz CT molecular complexity index is 1770. The van der Waals surface area contributed by atoms with E-state index in [0.717, 1.165) is 35.9 Å². The Morgan fingerprint density at radius 2 is 1.69 bits per heavy atom. The summed E-state index contributed by atoms with van der Waals surface area (Å²) in [6, 6.07) is 8.88. The molecule has 0 radical (unpaired) electrons. The highest BCUT2D eigenvalue weighted by molar-refractivity contribution is 6.15. The molecule has 0 fully saturated rings. The SMILES string of the molecule is CC(C)(C)[C@H](c1nc(-c2cc(F)ccc2F)cn1Cc1ccccc1)N(CC[C@H](N)CF)C(=O)CNC(=O)[C@H](CCC(=O)O)N1C(=O)C=CC1=O. The number of imidazole rings is 1. The highest BCUT2D eigenvalue weighted by atomic mass is 19.1. The fourth-order valence-electron chi connectivity index (χ4n) is 5.89. The largest absolute Gasteiger partial charge is 0.481 e. The standard InChI is InChI=1S/C36H41F3N6O6/c1-36(2,3)33(34-42-27(25-17-23(38)9-10-26(25)39)21-43(34)20-22-7-5-4-6-8-22)44(16-15-24(40)18-37)31(48)19-41-35(51)28(11-14-32(49)50)45-29(46)12-13-30(45)47/h4-10,12-13,17,21,24,28,33H,11,14-16,18-20,40H2,1-3H3,(H,41,51)(H,49,50)/t24-,28-,33-/m0/s1. The van der Waals surface area contributed by atoms with Crippen molar-refractivity contribution in [2.75, 3.05) is 19.8 Å². The number of nitrogens with one attached hydrogen (secondary N) is 1. The van der Waals surface area contributed by atoms with Crippen LogP contribution in [-0.4, -0.2) is 85.9 Å². The molecule has 1 aliphatic rings. The van der Waals surface area contributed by atoms with Gasteiger partial charge in [-0.05, 0) is 42.0 Å². The van der Waals surface area contributed by atoms with Gasteiger partial charge >= 0.3 is 5.97 Å². The molecular weight excluding hydrogens is 669 g/mol. The number of carboxylic acids is 1. The molecule has 1 aromatic heterocycles. The van der Waals surface area contributed by atoms with Gasteiger partial charge in [0.15, 0.2) is 0 Å². The van der Waals surface area contributed by atoms with Gasteiger partial charge in [0.25, 0.3) is 11.8 Å². The summed E-state index contributed by atoms with van der Waals surface area (Å²) in [6.07, 6.45) is 2.55. The first-order chi connectivity index (χ1) is 24.1. The lowest BCUT2D eigenvalue weighted by molar-refractivity contribution is -0.147. The molecule has 12 nitrogen and oxygen atoms in total. The first kappa shape index (κ1) is 38.5. The molecule has 272 valence electrons. The third-order valence-electron chi connectivity index (χ3n) is 8.35. The number of carbonyl (C=O) groups excluding carboxylic acids is 4. The Kier molecular flexibility index (Phi) is 12.5. The molecule has 0 aliphatic carbocycles. The van der Waals surface area contributed by atoms with E-state index in [4.69, 9.17) is 10.7 Å². The maximum absolute atomic E-state index is 15.0. The predicted molar refractivity (Wildman–Crippen MR) is 180 cm³/mol. The number of aliphatic carboxylic acids is 1. The van der Waals surface area contributed by atoms with Crippen molar-refractivity contribution in [3.63, 3.8) is 0 Å². The van der Waals surface area contributed by atoms with Gasteiger partial charge in [-0.1, -0.05) is 51.1 Å². The zero-order valence-electron chi connectivity index (χ0n) is 28.5. The van der Waals surface area contributed by atoms with E-state index in [-0.39, 0.29) is 36.6 Å². The molecule has 0 saturated heterocycles. The van der Waals surface area contributed by atoms with Crippen molar-refractivity contribution in [3.05, 3.63) is 89.9 Å². The van der Waals surface area contributed by atoms with E-state index in [1.807, 2.05) is 51.1 Å². The summed E-state index contributed by atoms with van der Waals surface area (Å²) >= 11 is 0. The lowest BCUT2D eigenvalue weighted by Crippen LogP contribution is -2.53. The normalized spacial score (nSPS) is 14.8. The van der Waals surface area contributed by atoms with Gasteiger partial charge in [0, 0.05) is 49.5 Å². The Morgan fingerprint density at radius 1 is 1.02 bits per heavy atom. The fourth-order valence-corrected chi connectivity index (χ4v) is 5.89. The Morgan fingerprint density at radius 3 is 2.29 bits per heavy atom. The van der Waals surface area contributed by atoms with Crippen molar-refractivity contribution in [3.8, 4) is 11.3 Å². The minimum absolute atomic E-state index is 0.0111. The molecule has 15 heteroatoms. The van der Waals surface area contributed by atoms with Crippen LogP contribution in [0.25, 0.3) is 11.3 Å². The zero-order chi connectivity index (χ0) is 37.5. The molecule has 2 aromatic carbocycles. The summed E-state index contributed by atoms with van der Waals surface area (Å²) in [6.45, 7) is 4.08. The molecule has 4 rings (SSSR count). The average molecular weight is 711 g/mol. The summed E-state index contributed by atoms with van der Waals surface area (Å²) < 4.78 is 44.6. The van der Waals surface area contributed by atoms with E-state index in [0.29, 0.717) is 4.90 Å². The monoisotopic (exact) mass is 710 g/mol. The van der Waals surface area contributed by atoms with Gasteiger partial charge in [-0.25, -0.2) is 18.2 Å². The van der Waals surface area contributed by atoms with Crippen LogP contribution in [0.4, 0.5) is 13.2 Å². The smallest absolute Gasteiger partial charge is 0.303 e. The van der Waals surface area contributed by atoms with E-state index in [2.05, 4.69) is 5.32 Å². The van der Waals surface area contributed by atoms with Gasteiger partial charge in [-0.15, -0.1) is 0 Å². The number of carboxylic acid groups (broad SMARTS) is 1. The zero-order valence-corrected chi connectivity index (χ0v) is 28.5. The molecule has 4 N–H and O–H groups in total. The Balaban J connectivity index is 1.75. The summed E-state index contributed by atoms with van der Waals surface area (Å²) in [5, 5.41) is 11.7. The van der Waals surface area contributed by atoms with E-state index >= 15 is 4.39 Å². The van der Waals surface area contributed by atoms with Crippen LogP contribution < -0.4 is 11.1 Å². The van der Waals surface area contributed by atoms with Crippen LogP contribution >= 0.6 is 0 Å². The van der Waals surface area contributed by atoms with Crippen LogP contribution in [0.3, 0.4) is 0 Å². The molecule has 4 amide bonds. The maximum Gasteiger partial charge on any atom is 0.303 e. The second-order valence-corrected chi connectivity index (χ2v) is 13.3. The van der Waals surface area contributed by atoms with Gasteiger partial charge in [0.1, 0.15) is 30.2 Å². The molecule has 0 unspecified atom stereocenters. The number of carbonyl (C=O) groups is 5. The van der Waals surface area contributed by atoms with Gasteiger partial charge in [0.05, 0.1) is 18.3 Å². The highest BCUT2D eigenvalue weighted by Gasteiger charge is 2.40.